The molecule has 96 valence electrons. The van der Waals surface area contributed by atoms with Crippen LogP contribution in [0.1, 0.15) is 32.4 Å². The van der Waals surface area contributed by atoms with Crippen LogP contribution in [-0.2, 0) is 0 Å². The molecule has 0 heterocycles. The lowest BCUT2D eigenvalue weighted by atomic mass is 9.97. The van der Waals surface area contributed by atoms with E-state index in [-0.39, 0.29) is 5.41 Å². The molecule has 0 aliphatic heterocycles. The highest BCUT2D eigenvalue weighted by Crippen LogP contribution is 2.16. The van der Waals surface area contributed by atoms with Crippen LogP contribution in [0.5, 0.6) is 0 Å². The second-order valence-electron chi connectivity index (χ2n) is 5.38. The molecule has 0 saturated heterocycles. The minimum absolute atomic E-state index is 0.119. The first-order valence-electron chi connectivity index (χ1n) is 5.63. The Morgan fingerprint density at radius 1 is 1.24 bits per heavy atom. The molecule has 0 fully saturated rings. The highest BCUT2D eigenvalue weighted by Gasteiger charge is 2.13. The van der Waals surface area contributed by atoms with Crippen molar-refractivity contribution in [2.45, 2.75) is 26.9 Å². The molecular weight excluding hydrogens is 224 g/mol. The van der Waals surface area contributed by atoms with E-state index in [2.05, 4.69) is 26.1 Å². The molecule has 0 aliphatic carbocycles. The molecule has 0 saturated carbocycles. The van der Waals surface area contributed by atoms with Crippen LogP contribution in [0.25, 0.3) is 0 Å². The van der Waals surface area contributed by atoms with Crippen molar-refractivity contribution in [1.82, 2.24) is 5.32 Å². The standard InChI is InChI=1S/C13H19F2NO/c1-13(2,3)8-16-7-12(17)9-4-5-10(14)11(15)6-9/h4-6,12,16-17H,7-8H2,1-3H3. The van der Waals surface area contributed by atoms with Crippen molar-refractivity contribution >= 4 is 0 Å². The molecule has 2 nitrogen and oxygen atoms in total. The summed E-state index contributed by atoms with van der Waals surface area (Å²) in [6.45, 7) is 7.29. The van der Waals surface area contributed by atoms with Crippen LogP contribution >= 0.6 is 0 Å². The molecule has 17 heavy (non-hydrogen) atoms. The van der Waals surface area contributed by atoms with Crippen LogP contribution in [0.4, 0.5) is 8.78 Å². The van der Waals surface area contributed by atoms with Crippen LogP contribution in [0.15, 0.2) is 18.2 Å². The van der Waals surface area contributed by atoms with E-state index in [0.29, 0.717) is 12.1 Å². The highest BCUT2D eigenvalue weighted by molar-refractivity contribution is 5.20. The zero-order valence-electron chi connectivity index (χ0n) is 10.4. The van der Waals surface area contributed by atoms with E-state index >= 15 is 0 Å². The number of halogens is 2. The number of hydrogen-bond acceptors (Lipinski definition) is 2. The molecule has 0 bridgehead atoms. The van der Waals surface area contributed by atoms with Gasteiger partial charge in [0.1, 0.15) is 0 Å². The van der Waals surface area contributed by atoms with Gasteiger partial charge in [-0.15, -0.1) is 0 Å². The number of benzene rings is 1. The van der Waals surface area contributed by atoms with Gasteiger partial charge in [-0.2, -0.15) is 0 Å². The summed E-state index contributed by atoms with van der Waals surface area (Å²) in [4.78, 5) is 0. The molecule has 1 rings (SSSR count). The molecule has 1 aromatic rings. The van der Waals surface area contributed by atoms with Gasteiger partial charge in [-0.25, -0.2) is 8.78 Å². The van der Waals surface area contributed by atoms with E-state index < -0.39 is 17.7 Å². The Morgan fingerprint density at radius 2 is 1.88 bits per heavy atom. The first-order valence-corrected chi connectivity index (χ1v) is 5.63. The van der Waals surface area contributed by atoms with E-state index in [1.165, 1.54) is 6.07 Å². The van der Waals surface area contributed by atoms with E-state index in [1.807, 2.05) is 0 Å². The predicted octanol–water partition coefficient (Wildman–Crippen LogP) is 2.63. The number of aliphatic hydroxyl groups is 1. The van der Waals surface area contributed by atoms with Gasteiger partial charge in [-0.3, -0.25) is 0 Å². The zero-order chi connectivity index (χ0) is 13.1. The third-order valence-corrected chi connectivity index (χ3v) is 2.32. The Kier molecular flexibility index (Phi) is 4.60. The summed E-state index contributed by atoms with van der Waals surface area (Å²) in [7, 11) is 0. The number of hydrogen-bond donors (Lipinski definition) is 2. The highest BCUT2D eigenvalue weighted by atomic mass is 19.2. The minimum Gasteiger partial charge on any atom is -0.387 e. The van der Waals surface area contributed by atoms with Crippen molar-refractivity contribution in [2.24, 2.45) is 5.41 Å². The monoisotopic (exact) mass is 243 g/mol. The van der Waals surface area contributed by atoms with Crippen LogP contribution in [0, 0.1) is 17.0 Å². The average Bonchev–Trinajstić information content (AvgIpc) is 2.20. The molecule has 2 N–H and O–H groups in total. The Labute approximate surface area is 101 Å². The lowest BCUT2D eigenvalue weighted by molar-refractivity contribution is 0.169. The van der Waals surface area contributed by atoms with Gasteiger partial charge in [0.05, 0.1) is 6.10 Å². The molecule has 0 amide bonds. The van der Waals surface area contributed by atoms with Gasteiger partial charge in [0.15, 0.2) is 11.6 Å². The quantitative estimate of drug-likeness (QED) is 0.852. The first-order chi connectivity index (χ1) is 7.79. The van der Waals surface area contributed by atoms with E-state index in [0.717, 1.165) is 18.7 Å². The van der Waals surface area contributed by atoms with Gasteiger partial charge in [0.25, 0.3) is 0 Å². The summed E-state index contributed by atoms with van der Waals surface area (Å²) in [5.74, 6) is -1.83. The van der Waals surface area contributed by atoms with Gasteiger partial charge < -0.3 is 10.4 Å². The fourth-order valence-electron chi connectivity index (χ4n) is 1.42. The Bertz CT molecular complexity index is 374. The maximum atomic E-state index is 12.9. The second kappa shape index (κ2) is 5.56. The third kappa shape index (κ3) is 4.79. The molecule has 0 radical (unpaired) electrons. The summed E-state index contributed by atoms with van der Waals surface area (Å²) in [6, 6.07) is 3.44. The van der Waals surface area contributed by atoms with Crippen LogP contribution in [0.2, 0.25) is 0 Å². The molecule has 1 aromatic carbocycles. The lowest BCUT2D eigenvalue weighted by Gasteiger charge is -2.20. The fraction of sp³-hybridized carbons (Fsp3) is 0.538. The number of nitrogens with one attached hydrogen (secondary N) is 1. The average molecular weight is 243 g/mol. The van der Waals surface area contributed by atoms with Gasteiger partial charge >= 0.3 is 0 Å². The van der Waals surface area contributed by atoms with Crippen molar-refractivity contribution < 1.29 is 13.9 Å². The molecule has 4 heteroatoms. The van der Waals surface area contributed by atoms with Crippen LogP contribution < -0.4 is 5.32 Å². The number of aliphatic hydroxyl groups excluding tert-OH is 1. The summed E-state index contributed by atoms with van der Waals surface area (Å²) < 4.78 is 25.6. The second-order valence-corrected chi connectivity index (χ2v) is 5.38. The van der Waals surface area contributed by atoms with Crippen LogP contribution in [0.3, 0.4) is 0 Å². The maximum Gasteiger partial charge on any atom is 0.159 e. The topological polar surface area (TPSA) is 32.3 Å². The van der Waals surface area contributed by atoms with E-state index in [1.54, 1.807) is 0 Å². The Balaban J connectivity index is 2.52. The van der Waals surface area contributed by atoms with Gasteiger partial charge in [-0.1, -0.05) is 26.8 Å². The zero-order valence-corrected chi connectivity index (χ0v) is 10.4. The smallest absolute Gasteiger partial charge is 0.159 e. The Hall–Kier alpha value is -1.00. The summed E-state index contributed by atoms with van der Waals surface area (Å²) in [6.07, 6.45) is -0.826. The van der Waals surface area contributed by atoms with Crippen molar-refractivity contribution in [3.8, 4) is 0 Å². The van der Waals surface area contributed by atoms with Crippen molar-refractivity contribution in [3.05, 3.63) is 35.4 Å². The van der Waals surface area contributed by atoms with Crippen LogP contribution in [-0.4, -0.2) is 18.2 Å². The maximum absolute atomic E-state index is 12.9. The minimum atomic E-state index is -0.933. The SMILES string of the molecule is CC(C)(C)CNCC(O)c1ccc(F)c(F)c1. The number of rotatable bonds is 4. The van der Waals surface area contributed by atoms with E-state index in [9.17, 15) is 13.9 Å². The molecule has 1 unspecified atom stereocenters. The van der Waals surface area contributed by atoms with Crippen molar-refractivity contribution in [3.63, 3.8) is 0 Å². The molecule has 1 atom stereocenters. The van der Waals surface area contributed by atoms with Gasteiger partial charge in [0, 0.05) is 13.1 Å². The summed E-state index contributed by atoms with van der Waals surface area (Å²) in [5.41, 5.74) is 0.499. The van der Waals surface area contributed by atoms with Gasteiger partial charge in [-0.05, 0) is 23.1 Å². The molecule has 0 spiro atoms. The fourth-order valence-corrected chi connectivity index (χ4v) is 1.42. The van der Waals surface area contributed by atoms with Crippen molar-refractivity contribution in [2.75, 3.05) is 13.1 Å². The van der Waals surface area contributed by atoms with Crippen molar-refractivity contribution in [1.29, 1.82) is 0 Å². The molecule has 0 aromatic heterocycles. The molecule has 0 aliphatic rings. The Morgan fingerprint density at radius 3 is 2.41 bits per heavy atom. The normalized spacial score (nSPS) is 13.8. The summed E-state index contributed by atoms with van der Waals surface area (Å²) >= 11 is 0. The largest absolute Gasteiger partial charge is 0.387 e. The lowest BCUT2D eigenvalue weighted by Crippen LogP contribution is -2.30. The first kappa shape index (κ1) is 14.1. The van der Waals surface area contributed by atoms with E-state index in [4.69, 9.17) is 0 Å². The summed E-state index contributed by atoms with van der Waals surface area (Å²) in [5, 5.41) is 12.9. The van der Waals surface area contributed by atoms with Gasteiger partial charge in [0.2, 0.25) is 0 Å². The third-order valence-electron chi connectivity index (χ3n) is 2.32. The predicted molar refractivity (Wildman–Crippen MR) is 63.6 cm³/mol. The molecular formula is C13H19F2NO.